The Morgan fingerprint density at radius 3 is 1.10 bits per heavy atom. The lowest BCUT2D eigenvalue weighted by Gasteiger charge is -2.39. The largest absolute Gasteiger partial charge is 0.467 e. The summed E-state index contributed by atoms with van der Waals surface area (Å²) in [5, 5.41) is -7.47. The van der Waals surface area contributed by atoms with E-state index >= 15 is 0 Å². The fourth-order valence-electron chi connectivity index (χ4n) is 1.18. The summed E-state index contributed by atoms with van der Waals surface area (Å²) in [6, 6.07) is 0. The van der Waals surface area contributed by atoms with Crippen LogP contribution in [0.3, 0.4) is 0 Å². The maximum absolute atomic E-state index is 13.6. The van der Waals surface area contributed by atoms with Crippen LogP contribution in [0.2, 0.25) is 0 Å². The van der Waals surface area contributed by atoms with E-state index in [4.69, 9.17) is 4.55 Å². The third-order valence-corrected chi connectivity index (χ3v) is 3.64. The Kier molecular flexibility index (Phi) is 7.01. The molecule has 0 rings (SSSR count). The molecule has 0 aliphatic heterocycles. The van der Waals surface area contributed by atoms with Gasteiger partial charge in [-0.3, -0.25) is 14.0 Å². The van der Waals surface area contributed by atoms with E-state index < -0.39 is 57.8 Å². The normalized spacial score (nSPS) is 19.7. The van der Waals surface area contributed by atoms with Crippen LogP contribution in [0.15, 0.2) is 0 Å². The summed E-state index contributed by atoms with van der Waals surface area (Å²) in [7, 11) is -7.86. The van der Waals surface area contributed by atoms with Crippen LogP contribution in [-0.4, -0.2) is 60.7 Å². The van der Waals surface area contributed by atoms with Crippen LogP contribution < -0.4 is 0 Å². The molecule has 2 unspecified atom stereocenters. The molecule has 0 saturated carbocycles. The van der Waals surface area contributed by atoms with E-state index in [0.717, 1.165) is 4.74 Å². The number of hydrogen-bond acceptors (Lipinski definition) is 4. The Hall–Kier alpha value is -1.36. The van der Waals surface area contributed by atoms with E-state index in [-0.39, 0.29) is 0 Å². The first-order valence-electron chi connectivity index (χ1n) is 6.00. The third-order valence-electron chi connectivity index (χ3n) is 2.66. The number of hydrogen-bond donors (Lipinski definition) is 1. The topological polar surface area (TPSA) is 72.8 Å². The molecule has 0 heterocycles. The molecule has 0 fully saturated rings. The van der Waals surface area contributed by atoms with Crippen LogP contribution in [0.4, 0.5) is 74.6 Å². The molecule has 5 nitrogen and oxygen atoms in total. The summed E-state index contributed by atoms with van der Waals surface area (Å²) in [6.45, 7) is 0. The average molecular weight is 532 g/mol. The van der Waals surface area contributed by atoms with Crippen LogP contribution >= 0.6 is 0 Å². The van der Waals surface area contributed by atoms with Crippen molar-refractivity contribution in [3.8, 4) is 0 Å². The number of ether oxygens (including phenoxy) is 2. The van der Waals surface area contributed by atoms with E-state index in [1.54, 1.807) is 0 Å². The van der Waals surface area contributed by atoms with E-state index in [9.17, 15) is 83.1 Å². The molecule has 188 valence electrons. The number of rotatable bonds is 7. The predicted octanol–water partition coefficient (Wildman–Crippen LogP) is 4.70. The molecule has 31 heavy (non-hydrogen) atoms. The van der Waals surface area contributed by atoms with Crippen molar-refractivity contribution in [1.82, 2.24) is 0 Å². The number of alkyl halides is 17. The van der Waals surface area contributed by atoms with E-state index in [1.165, 1.54) is 4.74 Å². The van der Waals surface area contributed by atoms with Gasteiger partial charge in [0.25, 0.3) is 0 Å². The van der Waals surface area contributed by atoms with Gasteiger partial charge in [-0.1, -0.05) is 0 Å². The second-order valence-corrected chi connectivity index (χ2v) is 6.39. The molecule has 2 atom stereocenters. The van der Waals surface area contributed by atoms with Crippen molar-refractivity contribution in [2.75, 3.05) is 0 Å². The molecule has 0 bridgehead atoms. The third kappa shape index (κ3) is 4.86. The average Bonchev–Trinajstić information content (AvgIpc) is 2.40. The quantitative estimate of drug-likeness (QED) is 0.380. The summed E-state index contributed by atoms with van der Waals surface area (Å²) in [5.74, 6) is -16.2. The number of halogens is 17. The summed E-state index contributed by atoms with van der Waals surface area (Å²) < 4.78 is 245. The van der Waals surface area contributed by atoms with Gasteiger partial charge < -0.3 is 0 Å². The van der Waals surface area contributed by atoms with Gasteiger partial charge in [0.05, 0.1) is 0 Å². The molecular weight excluding hydrogens is 531 g/mol. The summed E-state index contributed by atoms with van der Waals surface area (Å²) in [6.07, 6.45) is -39.4. The zero-order valence-corrected chi connectivity index (χ0v) is 13.7. The first kappa shape index (κ1) is 29.6. The van der Waals surface area contributed by atoms with Crippen LogP contribution in [-0.2, 0) is 19.6 Å². The van der Waals surface area contributed by atoms with Crippen LogP contribution in [0.5, 0.6) is 0 Å². The highest BCUT2D eigenvalue weighted by Gasteiger charge is 2.86. The van der Waals surface area contributed by atoms with Gasteiger partial charge >= 0.3 is 57.8 Å². The summed E-state index contributed by atoms with van der Waals surface area (Å²) in [4.78, 5) is 0. The lowest BCUT2D eigenvalue weighted by atomic mass is 10.2. The fourth-order valence-corrected chi connectivity index (χ4v) is 1.68. The van der Waals surface area contributed by atoms with Gasteiger partial charge in [0.15, 0.2) is 0 Å². The molecular formula is C8HF17O5S. The molecule has 0 spiro atoms. The van der Waals surface area contributed by atoms with Gasteiger partial charge in [-0.25, -0.2) is 0 Å². The SMILES string of the molecule is O=S(=O)(O)C(F)(OC(F)(F)C(F)(OC(F)(F)C(F)(F)C(F)(F)F)C(F)(F)F)C(F)(F)F. The molecule has 0 aromatic heterocycles. The molecule has 0 aromatic carbocycles. The fraction of sp³-hybridized carbons (Fsp3) is 1.00. The van der Waals surface area contributed by atoms with E-state index in [1.807, 2.05) is 0 Å². The molecule has 0 aromatic rings. The van der Waals surface area contributed by atoms with Crippen molar-refractivity contribution in [3.05, 3.63) is 0 Å². The summed E-state index contributed by atoms with van der Waals surface area (Å²) >= 11 is 0. The van der Waals surface area contributed by atoms with Gasteiger partial charge in [-0.05, 0) is 0 Å². The van der Waals surface area contributed by atoms with Crippen LogP contribution in [0.1, 0.15) is 0 Å². The molecule has 0 radical (unpaired) electrons. The molecule has 23 heteroatoms. The highest BCUT2D eigenvalue weighted by Crippen LogP contribution is 2.56. The van der Waals surface area contributed by atoms with Crippen molar-refractivity contribution < 1.29 is 97.1 Å². The van der Waals surface area contributed by atoms with Crippen molar-refractivity contribution in [2.45, 2.75) is 47.7 Å². The van der Waals surface area contributed by atoms with E-state index in [0.29, 0.717) is 0 Å². The molecule has 1 N–H and O–H groups in total. The van der Waals surface area contributed by atoms with Gasteiger partial charge in [-0.2, -0.15) is 83.1 Å². The Balaban J connectivity index is 6.80. The van der Waals surface area contributed by atoms with Crippen LogP contribution in [0, 0.1) is 0 Å². The Morgan fingerprint density at radius 1 is 0.516 bits per heavy atom. The Labute approximate surface area is 156 Å². The Morgan fingerprint density at radius 2 is 0.871 bits per heavy atom. The Bertz CT molecular complexity index is 765. The van der Waals surface area contributed by atoms with E-state index in [2.05, 4.69) is 0 Å². The van der Waals surface area contributed by atoms with Crippen molar-refractivity contribution in [2.24, 2.45) is 0 Å². The van der Waals surface area contributed by atoms with Crippen LogP contribution in [0.25, 0.3) is 0 Å². The first-order valence-corrected chi connectivity index (χ1v) is 7.44. The standard InChI is InChI=1S/C8HF17O5S/c9-1(10,3(12,13)14)6(21,22)29-2(11,4(15,16)17)7(23,24)30-8(25,5(18,19)20)31(26,27)28/h(H,26,27,28). The molecule has 0 aliphatic carbocycles. The zero-order valence-electron chi connectivity index (χ0n) is 12.9. The molecule has 0 aliphatic rings. The minimum absolute atomic E-state index is 1.14. The highest BCUT2D eigenvalue weighted by atomic mass is 32.2. The predicted molar refractivity (Wildman–Crippen MR) is 54.4 cm³/mol. The van der Waals surface area contributed by atoms with Crippen molar-refractivity contribution in [1.29, 1.82) is 0 Å². The maximum atomic E-state index is 13.6. The monoisotopic (exact) mass is 532 g/mol. The lowest BCUT2D eigenvalue weighted by Crippen LogP contribution is -2.68. The van der Waals surface area contributed by atoms with Gasteiger partial charge in [0.2, 0.25) is 0 Å². The second-order valence-electron chi connectivity index (χ2n) is 4.91. The highest BCUT2D eigenvalue weighted by molar-refractivity contribution is 7.87. The molecule has 0 saturated heterocycles. The minimum atomic E-state index is -8.22. The smallest absolute Gasteiger partial charge is 0.281 e. The van der Waals surface area contributed by atoms with Gasteiger partial charge in [0.1, 0.15) is 0 Å². The van der Waals surface area contributed by atoms with Crippen molar-refractivity contribution in [3.63, 3.8) is 0 Å². The lowest BCUT2D eigenvalue weighted by molar-refractivity contribution is -0.546. The minimum Gasteiger partial charge on any atom is -0.281 e. The van der Waals surface area contributed by atoms with Gasteiger partial charge in [0, 0.05) is 0 Å². The zero-order chi connectivity index (χ0) is 25.9. The first-order chi connectivity index (χ1) is 12.9. The van der Waals surface area contributed by atoms with Crippen molar-refractivity contribution >= 4 is 10.1 Å². The molecule has 0 amide bonds. The van der Waals surface area contributed by atoms with Gasteiger partial charge in [-0.15, -0.1) is 0 Å². The maximum Gasteiger partial charge on any atom is 0.467 e. The summed E-state index contributed by atoms with van der Waals surface area (Å²) in [5.41, 5.74) is 0. The second kappa shape index (κ2) is 7.33.